The van der Waals surface area contributed by atoms with Crippen LogP contribution in [-0.4, -0.2) is 11.1 Å². The summed E-state index contributed by atoms with van der Waals surface area (Å²) in [6.07, 6.45) is 1.93. The Balaban J connectivity index is 2.83. The lowest BCUT2D eigenvalue weighted by Crippen LogP contribution is -2.22. The molecule has 0 bridgehead atoms. The predicted octanol–water partition coefficient (Wildman–Crippen LogP) is 2.89. The molecule has 2 nitrogen and oxygen atoms in total. The van der Waals surface area contributed by atoms with Crippen LogP contribution in [-0.2, 0) is 11.2 Å². The van der Waals surface area contributed by atoms with Crippen LogP contribution in [0.2, 0.25) is 0 Å². The van der Waals surface area contributed by atoms with Crippen molar-refractivity contribution in [3.63, 3.8) is 0 Å². The minimum atomic E-state index is -0.878. The number of benzene rings is 1. The van der Waals surface area contributed by atoms with Gasteiger partial charge < -0.3 is 5.11 Å². The van der Waals surface area contributed by atoms with Crippen molar-refractivity contribution < 1.29 is 14.3 Å². The minimum Gasteiger partial charge on any atom is -0.481 e. The van der Waals surface area contributed by atoms with E-state index in [0.29, 0.717) is 12.0 Å². The Labute approximate surface area is 94.4 Å². The highest BCUT2D eigenvalue weighted by atomic mass is 19.1. The van der Waals surface area contributed by atoms with Gasteiger partial charge in [0.2, 0.25) is 0 Å². The number of hydrogen-bond donors (Lipinski definition) is 1. The Morgan fingerprint density at radius 1 is 1.62 bits per heavy atom. The van der Waals surface area contributed by atoms with Gasteiger partial charge in [-0.05, 0) is 30.0 Å². The molecule has 0 saturated carbocycles. The summed E-state index contributed by atoms with van der Waals surface area (Å²) < 4.78 is 12.9. The van der Waals surface area contributed by atoms with Crippen LogP contribution in [0.3, 0.4) is 0 Å². The highest BCUT2D eigenvalue weighted by Crippen LogP contribution is 2.19. The molecule has 3 heteroatoms. The monoisotopic (exact) mass is 222 g/mol. The van der Waals surface area contributed by atoms with Crippen LogP contribution in [0.15, 0.2) is 36.9 Å². The van der Waals surface area contributed by atoms with Crippen molar-refractivity contribution in [2.24, 2.45) is 11.8 Å². The summed E-state index contributed by atoms with van der Waals surface area (Å²) in [5.74, 6) is -1.91. The largest absolute Gasteiger partial charge is 0.481 e. The zero-order valence-corrected chi connectivity index (χ0v) is 9.19. The summed E-state index contributed by atoms with van der Waals surface area (Å²) in [7, 11) is 0. The van der Waals surface area contributed by atoms with Gasteiger partial charge in [-0.25, -0.2) is 4.39 Å². The number of aliphatic carboxylic acids is 1. The molecule has 0 heterocycles. The Kier molecular flexibility index (Phi) is 4.23. The number of carboxylic acid groups (broad SMARTS) is 1. The van der Waals surface area contributed by atoms with Crippen LogP contribution in [0.25, 0.3) is 0 Å². The molecule has 0 aliphatic rings. The van der Waals surface area contributed by atoms with Gasteiger partial charge in [-0.1, -0.05) is 25.1 Å². The normalized spacial score (nSPS) is 14.1. The van der Waals surface area contributed by atoms with Crippen LogP contribution in [0.1, 0.15) is 12.5 Å². The van der Waals surface area contributed by atoms with Crippen molar-refractivity contribution in [3.8, 4) is 0 Å². The zero-order valence-electron chi connectivity index (χ0n) is 9.19. The van der Waals surface area contributed by atoms with Crippen molar-refractivity contribution in [1.82, 2.24) is 0 Å². The summed E-state index contributed by atoms with van der Waals surface area (Å²) in [6.45, 7) is 5.38. The molecule has 1 rings (SSSR count). The predicted molar refractivity (Wildman–Crippen MR) is 60.6 cm³/mol. The van der Waals surface area contributed by atoms with Gasteiger partial charge in [-0.15, -0.1) is 6.58 Å². The smallest absolute Gasteiger partial charge is 0.307 e. The van der Waals surface area contributed by atoms with E-state index in [0.717, 1.165) is 0 Å². The summed E-state index contributed by atoms with van der Waals surface area (Å²) in [5.41, 5.74) is 0.695. The number of hydrogen-bond acceptors (Lipinski definition) is 1. The second kappa shape index (κ2) is 5.45. The molecule has 0 fully saturated rings. The molecule has 0 radical (unpaired) electrons. The third kappa shape index (κ3) is 3.19. The fraction of sp³-hybridized carbons (Fsp3) is 0.308. The van der Waals surface area contributed by atoms with E-state index in [1.807, 2.05) is 0 Å². The zero-order chi connectivity index (χ0) is 12.1. The van der Waals surface area contributed by atoms with Crippen LogP contribution in [0.4, 0.5) is 4.39 Å². The molecule has 0 spiro atoms. The molecule has 1 aromatic carbocycles. The number of rotatable bonds is 5. The number of allylic oxidation sites excluding steroid dienone is 1. The molecule has 2 unspecified atom stereocenters. The molecule has 0 saturated heterocycles. The van der Waals surface area contributed by atoms with Gasteiger partial charge in [0.25, 0.3) is 0 Å². The molecular weight excluding hydrogens is 207 g/mol. The van der Waals surface area contributed by atoms with Gasteiger partial charge in [0.1, 0.15) is 5.82 Å². The quantitative estimate of drug-likeness (QED) is 0.778. The van der Waals surface area contributed by atoms with E-state index in [-0.39, 0.29) is 11.7 Å². The fourth-order valence-corrected chi connectivity index (χ4v) is 1.58. The van der Waals surface area contributed by atoms with E-state index in [1.54, 1.807) is 25.1 Å². The molecule has 0 aromatic heterocycles. The van der Waals surface area contributed by atoms with Crippen LogP contribution in [0.5, 0.6) is 0 Å². The van der Waals surface area contributed by atoms with Gasteiger partial charge in [0.15, 0.2) is 0 Å². The van der Waals surface area contributed by atoms with Crippen LogP contribution in [0, 0.1) is 17.7 Å². The van der Waals surface area contributed by atoms with E-state index in [4.69, 9.17) is 5.11 Å². The average Bonchev–Trinajstić information content (AvgIpc) is 2.24. The summed E-state index contributed by atoms with van der Waals surface area (Å²) in [6, 6.07) is 6.03. The molecule has 0 amide bonds. The molecule has 1 aromatic rings. The van der Waals surface area contributed by atoms with E-state index in [9.17, 15) is 9.18 Å². The maximum absolute atomic E-state index is 12.9. The Hall–Kier alpha value is -1.64. The van der Waals surface area contributed by atoms with E-state index >= 15 is 0 Å². The fourth-order valence-electron chi connectivity index (χ4n) is 1.58. The molecule has 0 aliphatic heterocycles. The van der Waals surface area contributed by atoms with Crippen molar-refractivity contribution in [3.05, 3.63) is 48.3 Å². The summed E-state index contributed by atoms with van der Waals surface area (Å²) in [5, 5.41) is 9.06. The molecule has 16 heavy (non-hydrogen) atoms. The standard InChI is InChI=1S/C13H15FO2/c1-3-9(2)12(13(15)16)8-10-5-4-6-11(14)7-10/h3-7,9,12H,1,8H2,2H3,(H,15,16). The van der Waals surface area contributed by atoms with E-state index in [2.05, 4.69) is 6.58 Å². The summed E-state index contributed by atoms with van der Waals surface area (Å²) in [4.78, 5) is 11.0. The first-order valence-corrected chi connectivity index (χ1v) is 5.14. The van der Waals surface area contributed by atoms with Crippen molar-refractivity contribution in [1.29, 1.82) is 0 Å². The number of halogens is 1. The molecule has 1 N–H and O–H groups in total. The lowest BCUT2D eigenvalue weighted by molar-refractivity contribution is -0.142. The minimum absolute atomic E-state index is 0.138. The summed E-state index contributed by atoms with van der Waals surface area (Å²) >= 11 is 0. The molecule has 2 atom stereocenters. The first-order chi connectivity index (χ1) is 7.54. The SMILES string of the molecule is C=CC(C)C(Cc1cccc(F)c1)C(=O)O. The van der Waals surface area contributed by atoms with Crippen LogP contribution < -0.4 is 0 Å². The molecular formula is C13H15FO2. The van der Waals surface area contributed by atoms with Crippen molar-refractivity contribution in [2.75, 3.05) is 0 Å². The Bertz CT molecular complexity index is 387. The number of carbonyl (C=O) groups is 1. The van der Waals surface area contributed by atoms with Gasteiger partial charge in [0.05, 0.1) is 5.92 Å². The van der Waals surface area contributed by atoms with Gasteiger partial charge >= 0.3 is 5.97 Å². The lowest BCUT2D eigenvalue weighted by Gasteiger charge is -2.16. The maximum Gasteiger partial charge on any atom is 0.307 e. The van der Waals surface area contributed by atoms with Gasteiger partial charge in [0, 0.05) is 0 Å². The third-order valence-electron chi connectivity index (χ3n) is 2.67. The Morgan fingerprint density at radius 3 is 2.81 bits per heavy atom. The van der Waals surface area contributed by atoms with Gasteiger partial charge in [-0.3, -0.25) is 4.79 Å². The average molecular weight is 222 g/mol. The van der Waals surface area contributed by atoms with Crippen molar-refractivity contribution in [2.45, 2.75) is 13.3 Å². The molecule has 86 valence electrons. The highest BCUT2D eigenvalue weighted by molar-refractivity contribution is 5.71. The third-order valence-corrected chi connectivity index (χ3v) is 2.67. The van der Waals surface area contributed by atoms with Gasteiger partial charge in [-0.2, -0.15) is 0 Å². The second-order valence-corrected chi connectivity index (χ2v) is 3.87. The topological polar surface area (TPSA) is 37.3 Å². The maximum atomic E-state index is 12.9. The van der Waals surface area contributed by atoms with Crippen molar-refractivity contribution >= 4 is 5.97 Å². The first kappa shape index (κ1) is 12.4. The lowest BCUT2D eigenvalue weighted by atomic mass is 9.88. The highest BCUT2D eigenvalue weighted by Gasteiger charge is 2.22. The second-order valence-electron chi connectivity index (χ2n) is 3.87. The first-order valence-electron chi connectivity index (χ1n) is 5.14. The Morgan fingerprint density at radius 2 is 2.31 bits per heavy atom. The number of carboxylic acids is 1. The van der Waals surface area contributed by atoms with E-state index in [1.165, 1.54) is 12.1 Å². The van der Waals surface area contributed by atoms with Crippen LogP contribution >= 0.6 is 0 Å². The molecule has 0 aliphatic carbocycles. The van der Waals surface area contributed by atoms with E-state index < -0.39 is 11.9 Å².